The maximum Gasteiger partial charge on any atom is 0.328 e. The highest BCUT2D eigenvalue weighted by Crippen LogP contribution is 2.25. The Morgan fingerprint density at radius 2 is 1.78 bits per heavy atom. The zero-order valence-corrected chi connectivity index (χ0v) is 19.2. The summed E-state index contributed by atoms with van der Waals surface area (Å²) >= 11 is 12.1. The average molecular weight is 472 g/mol. The zero-order chi connectivity index (χ0) is 23.1. The van der Waals surface area contributed by atoms with Gasteiger partial charge in [-0.2, -0.15) is 0 Å². The number of nitrogens with one attached hydrogen (secondary N) is 2. The Balaban J connectivity index is 1.83. The van der Waals surface area contributed by atoms with Crippen molar-refractivity contribution in [3.05, 3.63) is 87.5 Å². The van der Waals surface area contributed by atoms with E-state index in [-0.39, 0.29) is 18.6 Å². The summed E-state index contributed by atoms with van der Waals surface area (Å²) in [5.74, 6) is -0.614. The number of hydrogen-bond acceptors (Lipinski definition) is 5. The number of carbonyl (C=O) groups is 2. The lowest BCUT2D eigenvalue weighted by atomic mass is 10.1. The molecule has 6 nitrogen and oxygen atoms in total. The Hall–Kier alpha value is -3.09. The summed E-state index contributed by atoms with van der Waals surface area (Å²) in [4.78, 5) is 30.0. The monoisotopic (exact) mass is 471 g/mol. The van der Waals surface area contributed by atoms with E-state index in [1.807, 2.05) is 13.0 Å². The van der Waals surface area contributed by atoms with Gasteiger partial charge in [0.05, 0.1) is 12.2 Å². The van der Waals surface area contributed by atoms with Crippen molar-refractivity contribution >= 4 is 46.6 Å². The molecule has 3 rings (SSSR count). The number of esters is 1. The van der Waals surface area contributed by atoms with E-state index in [1.165, 1.54) is 0 Å². The molecule has 1 unspecified atom stereocenters. The lowest BCUT2D eigenvalue weighted by Gasteiger charge is -2.19. The van der Waals surface area contributed by atoms with Gasteiger partial charge in [-0.15, -0.1) is 0 Å². The van der Waals surface area contributed by atoms with Crippen LogP contribution in [-0.2, 0) is 16.0 Å². The predicted octanol–water partition coefficient (Wildman–Crippen LogP) is 5.34. The second-order valence-corrected chi connectivity index (χ2v) is 7.97. The maximum atomic E-state index is 13.1. The van der Waals surface area contributed by atoms with Gasteiger partial charge in [0.2, 0.25) is 0 Å². The first kappa shape index (κ1) is 23.6. The van der Waals surface area contributed by atoms with E-state index in [9.17, 15) is 9.59 Å². The summed E-state index contributed by atoms with van der Waals surface area (Å²) in [6.07, 6.45) is 1.84. The van der Waals surface area contributed by atoms with Gasteiger partial charge in [0.15, 0.2) is 0 Å². The van der Waals surface area contributed by atoms with Crippen molar-refractivity contribution < 1.29 is 14.3 Å². The van der Waals surface area contributed by atoms with Crippen LogP contribution in [0.25, 0.3) is 0 Å². The Kier molecular flexibility index (Phi) is 8.09. The minimum absolute atomic E-state index is 0.208. The maximum absolute atomic E-state index is 13.1. The Bertz CT molecular complexity index is 1100. The minimum atomic E-state index is -0.871. The fourth-order valence-corrected chi connectivity index (χ4v) is 3.37. The molecule has 0 aliphatic rings. The van der Waals surface area contributed by atoms with Gasteiger partial charge >= 0.3 is 5.97 Å². The molecule has 0 fully saturated rings. The molecule has 0 saturated carbocycles. The Labute approximate surface area is 196 Å². The van der Waals surface area contributed by atoms with Gasteiger partial charge in [-0.3, -0.25) is 4.79 Å². The van der Waals surface area contributed by atoms with Crippen LogP contribution in [0.15, 0.2) is 60.8 Å². The molecule has 1 amide bonds. The molecule has 2 N–H and O–H groups in total. The van der Waals surface area contributed by atoms with E-state index >= 15 is 0 Å². The fourth-order valence-electron chi connectivity index (χ4n) is 3.07. The molecule has 32 heavy (non-hydrogen) atoms. The SMILES string of the molecule is CCOC(=O)C(Cc1ccc(Cl)cc1)NC(=O)c1cccnc1Nc1cc(Cl)ccc1C. The molecule has 1 atom stereocenters. The molecule has 0 saturated heterocycles. The topological polar surface area (TPSA) is 80.3 Å². The minimum Gasteiger partial charge on any atom is -0.464 e. The number of nitrogens with zero attached hydrogens (tertiary/aromatic N) is 1. The van der Waals surface area contributed by atoms with Gasteiger partial charge in [0.25, 0.3) is 5.91 Å². The summed E-state index contributed by atoms with van der Waals surface area (Å²) in [6.45, 7) is 3.85. The molecule has 3 aromatic rings. The van der Waals surface area contributed by atoms with Crippen LogP contribution in [0.5, 0.6) is 0 Å². The lowest BCUT2D eigenvalue weighted by Crippen LogP contribution is -2.43. The van der Waals surface area contributed by atoms with Crippen LogP contribution in [0.2, 0.25) is 10.0 Å². The molecule has 1 heterocycles. The lowest BCUT2D eigenvalue weighted by molar-refractivity contribution is -0.145. The standard InChI is InChI=1S/C24H23Cl2N3O3/c1-3-32-24(31)21(13-16-7-10-17(25)11-8-16)29-23(30)19-5-4-12-27-22(19)28-20-14-18(26)9-6-15(20)2/h4-12,14,21H,3,13H2,1-2H3,(H,27,28)(H,29,30). The van der Waals surface area contributed by atoms with Crippen LogP contribution in [0, 0.1) is 6.92 Å². The van der Waals surface area contributed by atoms with E-state index in [2.05, 4.69) is 15.6 Å². The van der Waals surface area contributed by atoms with Gasteiger partial charge in [0, 0.05) is 28.4 Å². The van der Waals surface area contributed by atoms with E-state index in [0.717, 1.165) is 16.8 Å². The number of carbonyl (C=O) groups excluding carboxylic acids is 2. The van der Waals surface area contributed by atoms with Crippen molar-refractivity contribution in [3.8, 4) is 0 Å². The molecule has 0 bridgehead atoms. The van der Waals surface area contributed by atoms with Crippen molar-refractivity contribution in [3.63, 3.8) is 0 Å². The van der Waals surface area contributed by atoms with Gasteiger partial charge in [-0.1, -0.05) is 41.4 Å². The highest BCUT2D eigenvalue weighted by molar-refractivity contribution is 6.31. The van der Waals surface area contributed by atoms with Crippen LogP contribution in [0.4, 0.5) is 11.5 Å². The first-order valence-corrected chi connectivity index (χ1v) is 10.8. The third-order valence-electron chi connectivity index (χ3n) is 4.73. The fraction of sp³-hybridized carbons (Fsp3) is 0.208. The van der Waals surface area contributed by atoms with Crippen molar-refractivity contribution in [1.29, 1.82) is 0 Å². The highest BCUT2D eigenvalue weighted by atomic mass is 35.5. The molecule has 0 aliphatic carbocycles. The molecular weight excluding hydrogens is 449 g/mol. The van der Waals surface area contributed by atoms with E-state index in [0.29, 0.717) is 15.9 Å². The quantitative estimate of drug-likeness (QED) is 0.433. The first-order chi connectivity index (χ1) is 15.4. The van der Waals surface area contributed by atoms with Crippen LogP contribution in [0.1, 0.15) is 28.4 Å². The second-order valence-electron chi connectivity index (χ2n) is 7.09. The molecule has 1 aromatic heterocycles. The van der Waals surface area contributed by atoms with Gasteiger partial charge < -0.3 is 15.4 Å². The summed E-state index contributed by atoms with van der Waals surface area (Å²) in [5, 5.41) is 7.09. The van der Waals surface area contributed by atoms with Crippen molar-refractivity contribution in [1.82, 2.24) is 10.3 Å². The molecule has 2 aromatic carbocycles. The Morgan fingerprint density at radius 3 is 2.50 bits per heavy atom. The summed E-state index contributed by atoms with van der Waals surface area (Å²) in [5.41, 5.74) is 2.80. The number of aromatic nitrogens is 1. The van der Waals surface area contributed by atoms with Crippen LogP contribution in [0.3, 0.4) is 0 Å². The normalized spacial score (nSPS) is 11.5. The molecule has 0 aliphatic heterocycles. The number of anilines is 2. The van der Waals surface area contributed by atoms with Crippen molar-refractivity contribution in [2.24, 2.45) is 0 Å². The van der Waals surface area contributed by atoms with E-state index in [4.69, 9.17) is 27.9 Å². The summed E-state index contributed by atoms with van der Waals surface area (Å²) in [6, 6.07) is 14.9. The van der Waals surface area contributed by atoms with Crippen molar-refractivity contribution in [2.75, 3.05) is 11.9 Å². The number of halogens is 2. The molecule has 8 heteroatoms. The summed E-state index contributed by atoms with van der Waals surface area (Å²) in [7, 11) is 0. The highest BCUT2D eigenvalue weighted by Gasteiger charge is 2.24. The predicted molar refractivity (Wildman–Crippen MR) is 127 cm³/mol. The number of benzene rings is 2. The van der Waals surface area contributed by atoms with E-state index in [1.54, 1.807) is 61.7 Å². The number of pyridine rings is 1. The Morgan fingerprint density at radius 1 is 1.06 bits per heavy atom. The molecule has 0 radical (unpaired) electrons. The number of ether oxygens (including phenoxy) is 1. The van der Waals surface area contributed by atoms with Crippen LogP contribution in [-0.4, -0.2) is 29.5 Å². The van der Waals surface area contributed by atoms with Gasteiger partial charge in [-0.25, -0.2) is 9.78 Å². The third-order valence-corrected chi connectivity index (χ3v) is 5.22. The van der Waals surface area contributed by atoms with E-state index < -0.39 is 17.9 Å². The smallest absolute Gasteiger partial charge is 0.328 e. The summed E-state index contributed by atoms with van der Waals surface area (Å²) < 4.78 is 5.17. The van der Waals surface area contributed by atoms with Crippen molar-refractivity contribution in [2.45, 2.75) is 26.3 Å². The first-order valence-electron chi connectivity index (χ1n) is 10.1. The number of hydrogen-bond donors (Lipinski definition) is 2. The molecule has 166 valence electrons. The third kappa shape index (κ3) is 6.22. The van der Waals surface area contributed by atoms with Crippen LogP contribution < -0.4 is 10.6 Å². The zero-order valence-electron chi connectivity index (χ0n) is 17.7. The number of rotatable bonds is 8. The molecule has 0 spiro atoms. The van der Waals surface area contributed by atoms with Gasteiger partial charge in [-0.05, 0) is 61.4 Å². The molecular formula is C24H23Cl2N3O3. The van der Waals surface area contributed by atoms with Gasteiger partial charge in [0.1, 0.15) is 11.9 Å². The average Bonchev–Trinajstić information content (AvgIpc) is 2.77. The largest absolute Gasteiger partial charge is 0.464 e. The second kappa shape index (κ2) is 11.0. The number of aryl methyl sites for hydroxylation is 1. The van der Waals surface area contributed by atoms with Crippen LogP contribution >= 0.6 is 23.2 Å². The number of amides is 1.